The van der Waals surface area contributed by atoms with Crippen LogP contribution in [0.2, 0.25) is 0 Å². The zero-order valence-corrected chi connectivity index (χ0v) is 25.3. The predicted molar refractivity (Wildman–Crippen MR) is 150 cm³/mol. The number of halogens is 4. The Labute approximate surface area is 234 Å². The van der Waals surface area contributed by atoms with Crippen molar-refractivity contribution in [2.75, 3.05) is 0 Å². The van der Waals surface area contributed by atoms with Crippen molar-refractivity contribution in [3.8, 4) is 17.2 Å². The van der Waals surface area contributed by atoms with Crippen molar-refractivity contribution in [2.45, 2.75) is 39.0 Å². The van der Waals surface area contributed by atoms with Gasteiger partial charge in [-0.05, 0) is 141 Å². The Balaban J connectivity index is 2.19. The summed E-state index contributed by atoms with van der Waals surface area (Å²) in [5.74, 6) is 1.52. The number of alkyl carbamates (subject to hydrolysis) is 1. The molecule has 0 radical (unpaired) electrons. The predicted octanol–water partition coefficient (Wildman–Crippen LogP) is 6.17. The van der Waals surface area contributed by atoms with Gasteiger partial charge in [-0.3, -0.25) is 10.1 Å². The standard InChI is InChI=1S/C20H19I4NO6/c1-20(2,3)31-19(28)25-16(29-9-26)6-10-4-14(23)18(15(24)5-10)30-11-7-12(21)17(27)13(22)8-11/h4-5,7-9,16,27H,6H2,1-3H3,(H,25,28). The van der Waals surface area contributed by atoms with Gasteiger partial charge < -0.3 is 19.3 Å². The topological polar surface area (TPSA) is 94.1 Å². The molecule has 0 fully saturated rings. The lowest BCUT2D eigenvalue weighted by molar-refractivity contribution is -0.134. The van der Waals surface area contributed by atoms with Crippen LogP contribution in [0.5, 0.6) is 17.2 Å². The van der Waals surface area contributed by atoms with E-state index in [4.69, 9.17) is 14.2 Å². The highest BCUT2D eigenvalue weighted by atomic mass is 127. The molecule has 0 aliphatic heterocycles. The fourth-order valence-electron chi connectivity index (χ4n) is 2.40. The first-order valence-electron chi connectivity index (χ1n) is 8.82. The summed E-state index contributed by atoms with van der Waals surface area (Å²) >= 11 is 8.44. The zero-order valence-electron chi connectivity index (χ0n) is 16.7. The summed E-state index contributed by atoms with van der Waals surface area (Å²) in [6.45, 7) is 5.55. The number of carbonyl (C=O) groups excluding carboxylic acids is 2. The van der Waals surface area contributed by atoms with Gasteiger partial charge >= 0.3 is 6.09 Å². The number of rotatable bonds is 7. The molecule has 11 heteroatoms. The second-order valence-corrected chi connectivity index (χ2v) is 11.9. The molecule has 0 spiro atoms. The van der Waals surface area contributed by atoms with E-state index in [-0.39, 0.29) is 12.2 Å². The van der Waals surface area contributed by atoms with Crippen LogP contribution in [0.25, 0.3) is 0 Å². The highest BCUT2D eigenvalue weighted by molar-refractivity contribution is 14.1. The van der Waals surface area contributed by atoms with Crippen LogP contribution in [0.4, 0.5) is 4.79 Å². The minimum atomic E-state index is -0.869. The van der Waals surface area contributed by atoms with E-state index in [9.17, 15) is 14.7 Å². The maximum Gasteiger partial charge on any atom is 0.410 e. The van der Waals surface area contributed by atoms with Gasteiger partial charge in [-0.2, -0.15) is 0 Å². The maximum atomic E-state index is 12.0. The summed E-state index contributed by atoms with van der Waals surface area (Å²) in [7, 11) is 0. The molecule has 168 valence electrons. The fourth-order valence-corrected chi connectivity index (χ4v) is 6.23. The number of carbonyl (C=O) groups is 2. The van der Waals surface area contributed by atoms with Gasteiger partial charge in [-0.15, -0.1) is 0 Å². The molecule has 0 aliphatic carbocycles. The fraction of sp³-hybridized carbons (Fsp3) is 0.300. The zero-order chi connectivity index (χ0) is 23.3. The first-order valence-corrected chi connectivity index (χ1v) is 13.1. The van der Waals surface area contributed by atoms with E-state index < -0.39 is 17.9 Å². The molecule has 31 heavy (non-hydrogen) atoms. The van der Waals surface area contributed by atoms with Gasteiger partial charge in [0.25, 0.3) is 6.47 Å². The Bertz CT molecular complexity index is 931. The Morgan fingerprint density at radius 3 is 2.10 bits per heavy atom. The normalized spacial score (nSPS) is 12.1. The van der Waals surface area contributed by atoms with Crippen molar-refractivity contribution < 1.29 is 28.9 Å². The molecule has 2 aromatic carbocycles. The van der Waals surface area contributed by atoms with Crippen molar-refractivity contribution in [1.82, 2.24) is 5.32 Å². The molecule has 0 saturated heterocycles. The minimum Gasteiger partial charge on any atom is -0.506 e. The molecule has 2 rings (SSSR count). The molecular formula is C20H19I4NO6. The molecule has 2 N–H and O–H groups in total. The Morgan fingerprint density at radius 1 is 1.06 bits per heavy atom. The van der Waals surface area contributed by atoms with Gasteiger partial charge in [-0.25, -0.2) is 4.79 Å². The van der Waals surface area contributed by atoms with Crippen molar-refractivity contribution in [2.24, 2.45) is 0 Å². The monoisotopic (exact) mass is 877 g/mol. The van der Waals surface area contributed by atoms with E-state index in [1.807, 2.05) is 12.1 Å². The largest absolute Gasteiger partial charge is 0.506 e. The van der Waals surface area contributed by atoms with Crippen LogP contribution in [0.1, 0.15) is 26.3 Å². The number of amides is 1. The lowest BCUT2D eigenvalue weighted by Crippen LogP contribution is -2.41. The van der Waals surface area contributed by atoms with Crippen molar-refractivity contribution in [3.05, 3.63) is 44.1 Å². The maximum absolute atomic E-state index is 12.0. The number of ether oxygens (including phenoxy) is 3. The summed E-state index contributed by atoms with van der Waals surface area (Å²) in [4.78, 5) is 22.9. The van der Waals surface area contributed by atoms with Gasteiger partial charge in [0.1, 0.15) is 17.1 Å². The molecule has 0 aliphatic rings. The summed E-state index contributed by atoms with van der Waals surface area (Å²) in [5.41, 5.74) is 0.183. The number of aromatic hydroxyl groups is 1. The second-order valence-electron chi connectivity index (χ2n) is 7.30. The molecule has 0 saturated carbocycles. The Kier molecular flexibility index (Phi) is 10.2. The van der Waals surface area contributed by atoms with Crippen LogP contribution in [0.3, 0.4) is 0 Å². The number of phenolic OH excluding ortho intramolecular Hbond substituents is 1. The Hall–Kier alpha value is -0.300. The van der Waals surface area contributed by atoms with Gasteiger partial charge in [0.15, 0.2) is 12.0 Å². The van der Waals surface area contributed by atoms with Crippen LogP contribution in [-0.2, 0) is 20.7 Å². The van der Waals surface area contributed by atoms with E-state index in [1.54, 1.807) is 32.9 Å². The molecule has 0 aromatic heterocycles. The van der Waals surface area contributed by atoms with E-state index in [1.165, 1.54) is 0 Å². The molecule has 1 atom stereocenters. The third-order valence-electron chi connectivity index (χ3n) is 3.59. The number of hydrogen-bond acceptors (Lipinski definition) is 6. The van der Waals surface area contributed by atoms with Gasteiger partial charge in [-0.1, -0.05) is 0 Å². The summed E-state index contributed by atoms with van der Waals surface area (Å²) < 4.78 is 19.4. The minimum absolute atomic E-state index is 0.229. The molecule has 0 bridgehead atoms. The van der Waals surface area contributed by atoms with Crippen molar-refractivity contribution in [3.63, 3.8) is 0 Å². The molecule has 0 heterocycles. The average molecular weight is 877 g/mol. The first kappa shape index (κ1) is 26.9. The van der Waals surface area contributed by atoms with Crippen molar-refractivity contribution >= 4 is 103 Å². The third kappa shape index (κ3) is 8.53. The van der Waals surface area contributed by atoms with E-state index in [0.717, 1.165) is 12.7 Å². The molecule has 2 aromatic rings. The van der Waals surface area contributed by atoms with E-state index >= 15 is 0 Å². The highest BCUT2D eigenvalue weighted by Crippen LogP contribution is 2.37. The molecule has 1 unspecified atom stereocenters. The summed E-state index contributed by atoms with van der Waals surface area (Å²) in [5, 5.41) is 12.5. The lowest BCUT2D eigenvalue weighted by Gasteiger charge is -2.23. The highest BCUT2D eigenvalue weighted by Gasteiger charge is 2.21. The third-order valence-corrected chi connectivity index (χ3v) is 6.83. The molecule has 7 nitrogen and oxygen atoms in total. The second kappa shape index (κ2) is 11.7. The molecule has 1 amide bonds. The first-order chi connectivity index (χ1) is 14.4. The van der Waals surface area contributed by atoms with Crippen LogP contribution in [-0.4, -0.2) is 29.5 Å². The average Bonchev–Trinajstić information content (AvgIpc) is 2.61. The number of nitrogens with one attached hydrogen (secondary N) is 1. The Morgan fingerprint density at radius 2 is 1.61 bits per heavy atom. The van der Waals surface area contributed by atoms with Gasteiger partial charge in [0.05, 0.1) is 14.3 Å². The van der Waals surface area contributed by atoms with E-state index in [0.29, 0.717) is 25.1 Å². The number of phenols is 1. The van der Waals surface area contributed by atoms with Crippen LogP contribution in [0, 0.1) is 14.3 Å². The van der Waals surface area contributed by atoms with Crippen LogP contribution < -0.4 is 10.1 Å². The van der Waals surface area contributed by atoms with Crippen LogP contribution >= 0.6 is 90.4 Å². The van der Waals surface area contributed by atoms with Gasteiger partial charge in [0.2, 0.25) is 0 Å². The smallest absolute Gasteiger partial charge is 0.410 e. The number of benzene rings is 2. The summed E-state index contributed by atoms with van der Waals surface area (Å²) in [6.07, 6.45) is -1.27. The van der Waals surface area contributed by atoms with Crippen molar-refractivity contribution in [1.29, 1.82) is 0 Å². The SMILES string of the molecule is CC(C)(C)OC(=O)NC(Cc1cc(I)c(Oc2cc(I)c(O)c(I)c2)c(I)c1)OC=O. The lowest BCUT2D eigenvalue weighted by atomic mass is 10.1. The quantitative estimate of drug-likeness (QED) is 0.197. The summed E-state index contributed by atoms with van der Waals surface area (Å²) in [6, 6.07) is 7.31. The van der Waals surface area contributed by atoms with E-state index in [2.05, 4.69) is 95.7 Å². The molecular weight excluding hydrogens is 858 g/mol. The van der Waals surface area contributed by atoms with Gasteiger partial charge in [0, 0.05) is 6.42 Å². The number of hydrogen-bond donors (Lipinski definition) is 2. The van der Waals surface area contributed by atoms with Crippen LogP contribution in [0.15, 0.2) is 24.3 Å².